The molecule has 0 saturated carbocycles. The van der Waals surface area contributed by atoms with Gasteiger partial charge in [-0.25, -0.2) is 21.2 Å². The lowest BCUT2D eigenvalue weighted by Crippen LogP contribution is -2.33. The van der Waals surface area contributed by atoms with Gasteiger partial charge in [-0.3, -0.25) is 5.10 Å². The lowest BCUT2D eigenvalue weighted by molar-refractivity contribution is -0.137. The van der Waals surface area contributed by atoms with E-state index in [4.69, 9.17) is 0 Å². The molecule has 34 heavy (non-hydrogen) atoms. The zero-order valence-electron chi connectivity index (χ0n) is 17.7. The van der Waals surface area contributed by atoms with Gasteiger partial charge in [-0.1, -0.05) is 0 Å². The standard InChI is InChI=1S/C21H19F4N3O4S2/c1-28(20-4-2-3-19-18(20)12-26-27-19)34(31,32)17-10-13(21(23,24)25)9-16(11-17)33(29,30)15-7-5-14(22)6-8-15/h5-12,20H,2-4H2,1H3,(H,26,27)/t20-/m1/s1. The first-order valence-electron chi connectivity index (χ1n) is 10.0. The quantitative estimate of drug-likeness (QED) is 0.406. The van der Waals surface area contributed by atoms with Crippen molar-refractivity contribution in [3.8, 4) is 0 Å². The van der Waals surface area contributed by atoms with Crippen LogP contribution in [0.2, 0.25) is 0 Å². The third-order valence-electron chi connectivity index (χ3n) is 5.77. The molecule has 182 valence electrons. The van der Waals surface area contributed by atoms with Crippen LogP contribution in [0.25, 0.3) is 0 Å². The second-order valence-corrected chi connectivity index (χ2v) is 11.8. The van der Waals surface area contributed by atoms with Gasteiger partial charge in [-0.2, -0.15) is 22.6 Å². The smallest absolute Gasteiger partial charge is 0.282 e. The van der Waals surface area contributed by atoms with E-state index in [0.29, 0.717) is 43.0 Å². The van der Waals surface area contributed by atoms with Crippen molar-refractivity contribution in [3.63, 3.8) is 0 Å². The Morgan fingerprint density at radius 2 is 1.65 bits per heavy atom. The van der Waals surface area contributed by atoms with Crippen molar-refractivity contribution in [3.05, 3.63) is 71.3 Å². The molecule has 4 rings (SSSR count). The SMILES string of the molecule is CN([C@@H]1CCCc2[nH]ncc21)S(=O)(=O)c1cc(C(F)(F)F)cc(S(=O)(=O)c2ccc(F)cc2)c1. The Bertz CT molecular complexity index is 1430. The number of halogens is 4. The number of sulfone groups is 1. The third-order valence-corrected chi connectivity index (χ3v) is 9.37. The Labute approximate surface area is 193 Å². The molecular formula is C21H19F4N3O4S2. The van der Waals surface area contributed by atoms with Crippen LogP contribution in [-0.2, 0) is 32.5 Å². The maximum atomic E-state index is 13.6. The van der Waals surface area contributed by atoms with Crippen LogP contribution in [0.5, 0.6) is 0 Å². The number of aromatic nitrogens is 2. The summed E-state index contributed by atoms with van der Waals surface area (Å²) in [6, 6.07) is 4.27. The summed E-state index contributed by atoms with van der Waals surface area (Å²) in [5, 5.41) is 6.71. The van der Waals surface area contributed by atoms with E-state index in [-0.39, 0.29) is 0 Å². The fourth-order valence-electron chi connectivity index (χ4n) is 3.94. The zero-order valence-corrected chi connectivity index (χ0v) is 19.3. The Balaban J connectivity index is 1.84. The van der Waals surface area contributed by atoms with Gasteiger partial charge in [-0.15, -0.1) is 0 Å². The Morgan fingerprint density at radius 3 is 2.29 bits per heavy atom. The van der Waals surface area contributed by atoms with Crippen molar-refractivity contribution >= 4 is 19.9 Å². The molecule has 1 heterocycles. The normalized spacial score (nSPS) is 17.1. The summed E-state index contributed by atoms with van der Waals surface area (Å²) < 4.78 is 108. The van der Waals surface area contributed by atoms with E-state index in [9.17, 15) is 34.4 Å². The Kier molecular flexibility index (Phi) is 6.07. The minimum atomic E-state index is -5.01. The molecule has 2 aromatic carbocycles. The number of nitrogens with zero attached hydrogens (tertiary/aromatic N) is 2. The maximum Gasteiger partial charge on any atom is 0.416 e. The number of nitrogens with one attached hydrogen (secondary N) is 1. The summed E-state index contributed by atoms with van der Waals surface area (Å²) in [7, 11) is -7.89. The van der Waals surface area contributed by atoms with Crippen LogP contribution in [0.4, 0.5) is 17.6 Å². The van der Waals surface area contributed by atoms with Gasteiger partial charge in [0.15, 0.2) is 0 Å². The van der Waals surface area contributed by atoms with Crippen molar-refractivity contribution < 1.29 is 34.4 Å². The minimum Gasteiger partial charge on any atom is -0.282 e. The van der Waals surface area contributed by atoms with E-state index < -0.39 is 58.1 Å². The molecule has 1 atom stereocenters. The van der Waals surface area contributed by atoms with Gasteiger partial charge in [0.2, 0.25) is 19.9 Å². The number of hydrogen-bond acceptors (Lipinski definition) is 5. The molecule has 0 fully saturated rings. The first-order chi connectivity index (χ1) is 15.8. The lowest BCUT2D eigenvalue weighted by atomic mass is 9.93. The number of sulfonamides is 1. The number of fused-ring (bicyclic) bond motifs is 1. The van der Waals surface area contributed by atoms with Gasteiger partial charge in [0.25, 0.3) is 0 Å². The van der Waals surface area contributed by atoms with Crippen molar-refractivity contribution in [1.29, 1.82) is 0 Å². The van der Waals surface area contributed by atoms with Crippen LogP contribution < -0.4 is 0 Å². The van der Waals surface area contributed by atoms with Gasteiger partial charge in [0.1, 0.15) is 5.82 Å². The number of rotatable bonds is 5. The van der Waals surface area contributed by atoms with Crippen LogP contribution >= 0.6 is 0 Å². The maximum absolute atomic E-state index is 13.6. The van der Waals surface area contributed by atoms with E-state index in [1.807, 2.05) is 0 Å². The summed E-state index contributed by atoms with van der Waals surface area (Å²) >= 11 is 0. The van der Waals surface area contributed by atoms with Gasteiger partial charge in [0.05, 0.1) is 32.5 Å². The van der Waals surface area contributed by atoms with E-state index in [0.717, 1.165) is 34.3 Å². The van der Waals surface area contributed by atoms with Crippen LogP contribution in [-0.4, -0.2) is 38.4 Å². The molecule has 3 aromatic rings. The molecular weight excluding hydrogens is 498 g/mol. The first kappa shape index (κ1) is 24.4. The average molecular weight is 518 g/mol. The summed E-state index contributed by atoms with van der Waals surface area (Å²) in [4.78, 5) is -2.16. The van der Waals surface area contributed by atoms with Gasteiger partial charge >= 0.3 is 6.18 Å². The molecule has 1 aliphatic carbocycles. The molecule has 13 heteroatoms. The predicted molar refractivity (Wildman–Crippen MR) is 113 cm³/mol. The van der Waals surface area contributed by atoms with E-state index in [1.165, 1.54) is 13.2 Å². The van der Waals surface area contributed by atoms with Crippen molar-refractivity contribution in [2.45, 2.75) is 46.2 Å². The van der Waals surface area contributed by atoms with Crippen molar-refractivity contribution in [2.75, 3.05) is 7.05 Å². The summed E-state index contributed by atoms with van der Waals surface area (Å²) in [5.41, 5.74) is -0.0827. The fraction of sp³-hybridized carbons (Fsp3) is 0.286. The highest BCUT2D eigenvalue weighted by molar-refractivity contribution is 7.91. The predicted octanol–water partition coefficient (Wildman–Crippen LogP) is 4.10. The van der Waals surface area contributed by atoms with Gasteiger partial charge in [-0.05, 0) is 61.7 Å². The molecule has 0 amide bonds. The highest BCUT2D eigenvalue weighted by Gasteiger charge is 2.38. The van der Waals surface area contributed by atoms with Crippen molar-refractivity contribution in [2.24, 2.45) is 0 Å². The molecule has 0 radical (unpaired) electrons. The number of H-pyrrole nitrogens is 1. The average Bonchev–Trinajstić information content (AvgIpc) is 3.27. The molecule has 7 nitrogen and oxygen atoms in total. The third kappa shape index (κ3) is 4.34. The largest absolute Gasteiger partial charge is 0.416 e. The second-order valence-electron chi connectivity index (χ2n) is 7.88. The summed E-state index contributed by atoms with van der Waals surface area (Å²) in [6.07, 6.45) is -1.83. The van der Waals surface area contributed by atoms with Crippen LogP contribution in [0.15, 0.2) is 63.3 Å². The summed E-state index contributed by atoms with van der Waals surface area (Å²) in [5.74, 6) is -0.737. The zero-order chi connectivity index (χ0) is 24.9. The number of hydrogen-bond donors (Lipinski definition) is 1. The summed E-state index contributed by atoms with van der Waals surface area (Å²) in [6.45, 7) is 0. The second kappa shape index (κ2) is 8.47. The molecule has 0 aliphatic heterocycles. The lowest BCUT2D eigenvalue weighted by Gasteiger charge is -2.30. The number of alkyl halides is 3. The molecule has 0 bridgehead atoms. The topological polar surface area (TPSA) is 100 Å². The van der Waals surface area contributed by atoms with E-state index in [1.54, 1.807) is 0 Å². The van der Waals surface area contributed by atoms with Crippen LogP contribution in [0.1, 0.15) is 35.7 Å². The molecule has 0 saturated heterocycles. The number of aromatic amines is 1. The fourth-order valence-corrected chi connectivity index (χ4v) is 6.78. The van der Waals surface area contributed by atoms with Crippen LogP contribution in [0.3, 0.4) is 0 Å². The Hall–Kier alpha value is -2.77. The molecule has 0 unspecified atom stereocenters. The monoisotopic (exact) mass is 517 g/mol. The molecule has 1 aliphatic rings. The highest BCUT2D eigenvalue weighted by Crippen LogP contribution is 2.38. The minimum absolute atomic E-state index is 0.368. The van der Waals surface area contributed by atoms with E-state index >= 15 is 0 Å². The Morgan fingerprint density at radius 1 is 1.00 bits per heavy atom. The van der Waals surface area contributed by atoms with Gasteiger partial charge < -0.3 is 0 Å². The van der Waals surface area contributed by atoms with Gasteiger partial charge in [0, 0.05) is 18.3 Å². The van der Waals surface area contributed by atoms with E-state index in [2.05, 4.69) is 10.2 Å². The molecule has 1 aromatic heterocycles. The highest BCUT2D eigenvalue weighted by atomic mass is 32.2. The number of benzene rings is 2. The molecule has 1 N–H and O–H groups in total. The van der Waals surface area contributed by atoms with Crippen LogP contribution in [0, 0.1) is 5.82 Å². The first-order valence-corrected chi connectivity index (χ1v) is 13.0. The molecule has 0 spiro atoms. The number of aryl methyl sites for hydroxylation is 1. The van der Waals surface area contributed by atoms with Crippen molar-refractivity contribution in [1.82, 2.24) is 14.5 Å².